The lowest BCUT2D eigenvalue weighted by molar-refractivity contribution is -0.143. The number of carbonyl (C=O) groups is 1. The Balaban J connectivity index is 0.00000176. The minimum atomic E-state index is -0.531. The number of amides is 1. The molecule has 2 atom stereocenters. The molecule has 1 saturated heterocycles. The van der Waals surface area contributed by atoms with Crippen molar-refractivity contribution in [3.05, 3.63) is 24.3 Å². The van der Waals surface area contributed by atoms with Crippen LogP contribution in [-0.4, -0.2) is 43.2 Å². The largest absolute Gasteiger partial charge is 0.485 e. The van der Waals surface area contributed by atoms with Gasteiger partial charge in [0.2, 0.25) is 6.10 Å². The zero-order valence-corrected chi connectivity index (χ0v) is 13.4. The van der Waals surface area contributed by atoms with Gasteiger partial charge in [0, 0.05) is 13.1 Å². The van der Waals surface area contributed by atoms with Crippen LogP contribution in [0.4, 0.5) is 0 Å². The molecule has 122 valence electrons. The molecule has 2 aliphatic heterocycles. The summed E-state index contributed by atoms with van der Waals surface area (Å²) < 4.78 is 11.4. The lowest BCUT2D eigenvalue weighted by atomic mass is 9.94. The van der Waals surface area contributed by atoms with Crippen molar-refractivity contribution in [3.63, 3.8) is 0 Å². The van der Waals surface area contributed by atoms with E-state index in [2.05, 4.69) is 0 Å². The molecule has 2 N–H and O–H groups in total. The third-order valence-electron chi connectivity index (χ3n) is 4.19. The number of carbonyl (C=O) groups excluding carboxylic acids is 1. The van der Waals surface area contributed by atoms with Gasteiger partial charge in [0.25, 0.3) is 5.91 Å². The molecule has 0 aromatic heterocycles. The van der Waals surface area contributed by atoms with Gasteiger partial charge in [0.15, 0.2) is 11.5 Å². The number of nitrogens with zero attached hydrogens (tertiary/aromatic N) is 1. The second kappa shape index (κ2) is 7.70. The molecule has 1 amide bonds. The van der Waals surface area contributed by atoms with E-state index in [1.807, 2.05) is 29.2 Å². The van der Waals surface area contributed by atoms with Gasteiger partial charge >= 0.3 is 0 Å². The van der Waals surface area contributed by atoms with E-state index in [4.69, 9.17) is 15.2 Å². The molecule has 3 rings (SSSR count). The Kier molecular flexibility index (Phi) is 5.91. The standard InChI is InChI=1S/C16H22N2O3.ClH/c17-8-7-12-4-3-9-18(10-12)16(19)15-11-20-13-5-1-2-6-14(13)21-15;/h1-2,5-6,12,15H,3-4,7-11,17H2;1H. The van der Waals surface area contributed by atoms with Crippen LogP contribution in [-0.2, 0) is 4.79 Å². The molecule has 1 aromatic carbocycles. The highest BCUT2D eigenvalue weighted by Crippen LogP contribution is 2.31. The summed E-state index contributed by atoms with van der Waals surface area (Å²) in [6.07, 6.45) is 2.65. The van der Waals surface area contributed by atoms with Gasteiger partial charge in [-0.2, -0.15) is 0 Å². The van der Waals surface area contributed by atoms with Crippen LogP contribution in [0, 0.1) is 5.92 Å². The monoisotopic (exact) mass is 326 g/mol. The lowest BCUT2D eigenvalue weighted by Crippen LogP contribution is -2.49. The maximum absolute atomic E-state index is 12.6. The van der Waals surface area contributed by atoms with E-state index in [9.17, 15) is 4.79 Å². The Morgan fingerprint density at radius 3 is 2.86 bits per heavy atom. The number of nitrogens with two attached hydrogens (primary N) is 1. The van der Waals surface area contributed by atoms with Crippen LogP contribution in [0.25, 0.3) is 0 Å². The predicted octanol–water partition coefficient (Wildman–Crippen LogP) is 1.84. The Labute approximate surface area is 137 Å². The van der Waals surface area contributed by atoms with Crippen molar-refractivity contribution in [1.82, 2.24) is 4.90 Å². The second-order valence-electron chi connectivity index (χ2n) is 5.73. The third kappa shape index (κ3) is 3.65. The molecule has 2 heterocycles. The zero-order chi connectivity index (χ0) is 14.7. The van der Waals surface area contributed by atoms with Crippen LogP contribution in [0.2, 0.25) is 0 Å². The first-order valence-electron chi connectivity index (χ1n) is 7.65. The number of likely N-dealkylation sites (tertiary alicyclic amines) is 1. The number of rotatable bonds is 3. The van der Waals surface area contributed by atoms with Gasteiger partial charge in [-0.3, -0.25) is 4.79 Å². The first-order chi connectivity index (χ1) is 10.3. The number of ether oxygens (including phenoxy) is 2. The van der Waals surface area contributed by atoms with Crippen molar-refractivity contribution in [3.8, 4) is 11.5 Å². The van der Waals surface area contributed by atoms with Gasteiger partial charge in [0.05, 0.1) is 0 Å². The van der Waals surface area contributed by atoms with E-state index >= 15 is 0 Å². The summed E-state index contributed by atoms with van der Waals surface area (Å²) in [5, 5.41) is 0. The van der Waals surface area contributed by atoms with Crippen molar-refractivity contribution in [1.29, 1.82) is 0 Å². The Morgan fingerprint density at radius 2 is 2.09 bits per heavy atom. The van der Waals surface area contributed by atoms with Crippen molar-refractivity contribution in [2.24, 2.45) is 11.7 Å². The topological polar surface area (TPSA) is 64.8 Å². The van der Waals surface area contributed by atoms with E-state index in [1.165, 1.54) is 0 Å². The maximum Gasteiger partial charge on any atom is 0.267 e. The summed E-state index contributed by atoms with van der Waals surface area (Å²) in [4.78, 5) is 14.5. The first-order valence-corrected chi connectivity index (χ1v) is 7.65. The molecule has 0 aliphatic carbocycles. The lowest BCUT2D eigenvalue weighted by Gasteiger charge is -2.36. The van der Waals surface area contributed by atoms with Crippen LogP contribution in [0.1, 0.15) is 19.3 Å². The van der Waals surface area contributed by atoms with E-state index in [-0.39, 0.29) is 24.9 Å². The SMILES string of the molecule is Cl.NCCC1CCCN(C(=O)C2COc3ccccc3O2)C1. The summed E-state index contributed by atoms with van der Waals surface area (Å²) in [6.45, 7) is 2.57. The third-order valence-corrected chi connectivity index (χ3v) is 4.19. The van der Waals surface area contributed by atoms with E-state index < -0.39 is 6.10 Å². The minimum absolute atomic E-state index is 0. The molecule has 2 aliphatic rings. The minimum Gasteiger partial charge on any atom is -0.485 e. The summed E-state index contributed by atoms with van der Waals surface area (Å²) in [7, 11) is 0. The maximum atomic E-state index is 12.6. The molecule has 0 bridgehead atoms. The fourth-order valence-electron chi connectivity index (χ4n) is 3.08. The molecule has 6 heteroatoms. The molecular weight excluding hydrogens is 304 g/mol. The summed E-state index contributed by atoms with van der Waals surface area (Å²) in [6, 6.07) is 7.47. The van der Waals surface area contributed by atoms with Crippen molar-refractivity contribution in [2.75, 3.05) is 26.2 Å². The number of fused-ring (bicyclic) bond motifs is 1. The molecule has 0 saturated carbocycles. The molecule has 0 radical (unpaired) electrons. The first kappa shape index (κ1) is 16.9. The Bertz CT molecular complexity index is 510. The zero-order valence-electron chi connectivity index (χ0n) is 12.6. The Hall–Kier alpha value is -1.46. The summed E-state index contributed by atoms with van der Waals surface area (Å²) in [5.41, 5.74) is 5.63. The number of para-hydroxylation sites is 2. The van der Waals surface area contributed by atoms with Crippen LogP contribution < -0.4 is 15.2 Å². The van der Waals surface area contributed by atoms with Crippen molar-refractivity contribution in [2.45, 2.75) is 25.4 Å². The number of piperidine rings is 1. The average Bonchev–Trinajstić information content (AvgIpc) is 2.54. The molecule has 1 fully saturated rings. The number of hydrogen-bond donors (Lipinski definition) is 1. The fraction of sp³-hybridized carbons (Fsp3) is 0.562. The van der Waals surface area contributed by atoms with Gasteiger partial charge < -0.3 is 20.1 Å². The van der Waals surface area contributed by atoms with E-state index in [0.717, 1.165) is 32.4 Å². The van der Waals surface area contributed by atoms with E-state index in [0.29, 0.717) is 24.0 Å². The van der Waals surface area contributed by atoms with Crippen LogP contribution in [0.5, 0.6) is 11.5 Å². The molecule has 22 heavy (non-hydrogen) atoms. The highest BCUT2D eigenvalue weighted by Gasteiger charge is 2.33. The smallest absolute Gasteiger partial charge is 0.267 e. The number of hydrogen-bond acceptors (Lipinski definition) is 4. The quantitative estimate of drug-likeness (QED) is 0.920. The second-order valence-corrected chi connectivity index (χ2v) is 5.73. The highest BCUT2D eigenvalue weighted by molar-refractivity contribution is 5.85. The molecular formula is C16H23ClN2O3. The molecule has 2 unspecified atom stereocenters. The highest BCUT2D eigenvalue weighted by atomic mass is 35.5. The number of halogens is 1. The van der Waals surface area contributed by atoms with Crippen molar-refractivity contribution >= 4 is 18.3 Å². The van der Waals surface area contributed by atoms with Crippen LogP contribution in [0.3, 0.4) is 0 Å². The fourth-order valence-corrected chi connectivity index (χ4v) is 3.08. The van der Waals surface area contributed by atoms with Gasteiger partial charge in [-0.15, -0.1) is 12.4 Å². The van der Waals surface area contributed by atoms with Crippen LogP contribution in [0.15, 0.2) is 24.3 Å². The summed E-state index contributed by atoms with van der Waals surface area (Å²) >= 11 is 0. The normalized spacial score (nSPS) is 23.6. The molecule has 0 spiro atoms. The van der Waals surface area contributed by atoms with Crippen LogP contribution >= 0.6 is 12.4 Å². The number of benzene rings is 1. The predicted molar refractivity (Wildman–Crippen MR) is 86.6 cm³/mol. The Morgan fingerprint density at radius 1 is 1.32 bits per heavy atom. The summed E-state index contributed by atoms with van der Waals surface area (Å²) in [5.74, 6) is 1.91. The molecule has 1 aromatic rings. The van der Waals surface area contributed by atoms with Gasteiger partial charge in [-0.25, -0.2) is 0 Å². The van der Waals surface area contributed by atoms with Crippen molar-refractivity contribution < 1.29 is 14.3 Å². The van der Waals surface area contributed by atoms with Gasteiger partial charge in [-0.05, 0) is 43.9 Å². The average molecular weight is 327 g/mol. The van der Waals surface area contributed by atoms with E-state index in [1.54, 1.807) is 0 Å². The van der Waals surface area contributed by atoms with Gasteiger partial charge in [0.1, 0.15) is 6.61 Å². The molecule has 5 nitrogen and oxygen atoms in total. The van der Waals surface area contributed by atoms with Gasteiger partial charge in [-0.1, -0.05) is 12.1 Å².